The van der Waals surface area contributed by atoms with Crippen LogP contribution in [0.4, 0.5) is 5.00 Å². The van der Waals surface area contributed by atoms with Crippen molar-refractivity contribution in [2.75, 3.05) is 31.7 Å². The van der Waals surface area contributed by atoms with Crippen molar-refractivity contribution < 1.29 is 22.8 Å². The zero-order valence-electron chi connectivity index (χ0n) is 12.2. The van der Waals surface area contributed by atoms with Gasteiger partial charge in [0.15, 0.2) is 0 Å². The SMILES string of the molecule is CC(=O)Nc1scc2c1C(=O)N(CCS(=O)(=O)N(C)C)C2=O. The van der Waals surface area contributed by atoms with Crippen molar-refractivity contribution in [2.45, 2.75) is 6.92 Å². The van der Waals surface area contributed by atoms with E-state index in [4.69, 9.17) is 0 Å². The zero-order chi connectivity index (χ0) is 16.7. The maximum absolute atomic E-state index is 12.3. The summed E-state index contributed by atoms with van der Waals surface area (Å²) in [6, 6.07) is 0. The van der Waals surface area contributed by atoms with E-state index in [2.05, 4.69) is 5.32 Å². The predicted octanol–water partition coefficient (Wildman–Crippen LogP) is 0.194. The molecule has 1 aliphatic heterocycles. The first-order valence-corrected chi connectivity index (χ1v) is 8.79. The van der Waals surface area contributed by atoms with E-state index in [0.29, 0.717) is 5.00 Å². The molecular formula is C12H15N3O5S2. The summed E-state index contributed by atoms with van der Waals surface area (Å²) in [5, 5.41) is 4.29. The first kappa shape index (κ1) is 16.6. The molecule has 1 N–H and O–H groups in total. The third-order valence-electron chi connectivity index (χ3n) is 3.14. The number of nitrogens with zero attached hydrogens (tertiary/aromatic N) is 2. The Balaban J connectivity index is 2.21. The number of carbonyl (C=O) groups is 3. The van der Waals surface area contributed by atoms with Gasteiger partial charge < -0.3 is 5.32 Å². The summed E-state index contributed by atoms with van der Waals surface area (Å²) in [4.78, 5) is 36.5. The molecule has 120 valence electrons. The molecule has 0 aliphatic carbocycles. The van der Waals surface area contributed by atoms with Crippen LogP contribution in [0.3, 0.4) is 0 Å². The Morgan fingerprint density at radius 3 is 2.50 bits per heavy atom. The third kappa shape index (κ3) is 2.89. The van der Waals surface area contributed by atoms with E-state index >= 15 is 0 Å². The zero-order valence-corrected chi connectivity index (χ0v) is 13.9. The summed E-state index contributed by atoms with van der Waals surface area (Å²) in [6.45, 7) is 1.08. The number of rotatable bonds is 5. The number of hydrogen-bond acceptors (Lipinski definition) is 6. The summed E-state index contributed by atoms with van der Waals surface area (Å²) in [6.07, 6.45) is 0. The fourth-order valence-corrected chi connectivity index (χ4v) is 3.70. The molecule has 8 nitrogen and oxygen atoms in total. The van der Waals surface area contributed by atoms with Gasteiger partial charge in [0.1, 0.15) is 5.00 Å². The molecule has 3 amide bonds. The number of carbonyl (C=O) groups excluding carboxylic acids is 3. The second-order valence-electron chi connectivity index (χ2n) is 4.90. The van der Waals surface area contributed by atoms with Gasteiger partial charge in [-0.2, -0.15) is 0 Å². The van der Waals surface area contributed by atoms with Crippen molar-refractivity contribution in [3.05, 3.63) is 16.5 Å². The fourth-order valence-electron chi connectivity index (χ4n) is 1.94. The highest BCUT2D eigenvalue weighted by atomic mass is 32.2. The van der Waals surface area contributed by atoms with Crippen molar-refractivity contribution in [1.29, 1.82) is 0 Å². The lowest BCUT2D eigenvalue weighted by molar-refractivity contribution is -0.114. The van der Waals surface area contributed by atoms with Gasteiger partial charge in [0.25, 0.3) is 11.8 Å². The van der Waals surface area contributed by atoms with Gasteiger partial charge in [0.05, 0.1) is 16.9 Å². The monoisotopic (exact) mass is 345 g/mol. The molecule has 0 bridgehead atoms. The average molecular weight is 345 g/mol. The molecule has 1 aliphatic rings. The quantitative estimate of drug-likeness (QED) is 0.768. The Hall–Kier alpha value is -1.78. The number of sulfonamides is 1. The highest BCUT2D eigenvalue weighted by Crippen LogP contribution is 2.35. The van der Waals surface area contributed by atoms with Gasteiger partial charge in [-0.25, -0.2) is 12.7 Å². The van der Waals surface area contributed by atoms with Crippen LogP contribution in [0.1, 0.15) is 27.6 Å². The highest BCUT2D eigenvalue weighted by molar-refractivity contribution is 7.89. The van der Waals surface area contributed by atoms with Crippen molar-refractivity contribution in [3.8, 4) is 0 Å². The van der Waals surface area contributed by atoms with E-state index in [0.717, 1.165) is 20.5 Å². The Kier molecular flexibility index (Phi) is 4.36. The van der Waals surface area contributed by atoms with Crippen molar-refractivity contribution in [2.24, 2.45) is 0 Å². The summed E-state index contributed by atoms with van der Waals surface area (Å²) in [5.41, 5.74) is 0.327. The molecule has 0 saturated heterocycles. The van der Waals surface area contributed by atoms with Crippen LogP contribution in [0.5, 0.6) is 0 Å². The van der Waals surface area contributed by atoms with E-state index in [-0.39, 0.29) is 29.3 Å². The Morgan fingerprint density at radius 2 is 1.95 bits per heavy atom. The van der Waals surface area contributed by atoms with Crippen LogP contribution >= 0.6 is 11.3 Å². The van der Waals surface area contributed by atoms with E-state index in [9.17, 15) is 22.8 Å². The second kappa shape index (κ2) is 5.78. The molecule has 1 aromatic heterocycles. The van der Waals surface area contributed by atoms with Gasteiger partial charge in [-0.3, -0.25) is 19.3 Å². The summed E-state index contributed by atoms with van der Waals surface area (Å²) >= 11 is 1.09. The van der Waals surface area contributed by atoms with E-state index < -0.39 is 21.8 Å². The minimum atomic E-state index is -3.51. The van der Waals surface area contributed by atoms with Crippen molar-refractivity contribution in [1.82, 2.24) is 9.21 Å². The molecule has 22 heavy (non-hydrogen) atoms. The van der Waals surface area contributed by atoms with Crippen molar-refractivity contribution >= 4 is 44.1 Å². The molecule has 0 fully saturated rings. The molecule has 0 saturated carbocycles. The van der Waals surface area contributed by atoms with E-state index in [1.807, 2.05) is 0 Å². The molecule has 10 heteroatoms. The molecule has 1 aromatic rings. The molecule has 0 spiro atoms. The molecule has 0 atom stereocenters. The van der Waals surface area contributed by atoms with Crippen LogP contribution in [0.15, 0.2) is 5.38 Å². The van der Waals surface area contributed by atoms with Crippen LogP contribution in [-0.2, 0) is 14.8 Å². The first-order valence-electron chi connectivity index (χ1n) is 6.30. The molecule has 2 rings (SSSR count). The lowest BCUT2D eigenvalue weighted by Crippen LogP contribution is -2.37. The Morgan fingerprint density at radius 1 is 1.32 bits per heavy atom. The lowest BCUT2D eigenvalue weighted by atomic mass is 10.2. The standard InChI is InChI=1S/C12H15N3O5S2/c1-7(16)13-10-9-8(6-21-10)11(17)15(12(9)18)4-5-22(19,20)14(2)3/h6H,4-5H2,1-3H3,(H,13,16). The summed E-state index contributed by atoms with van der Waals surface area (Å²) in [5.74, 6) is -1.82. The van der Waals surface area contributed by atoms with Gasteiger partial charge in [0.2, 0.25) is 15.9 Å². The lowest BCUT2D eigenvalue weighted by Gasteiger charge is -2.16. The predicted molar refractivity (Wildman–Crippen MR) is 81.5 cm³/mol. The first-order chi connectivity index (χ1) is 10.1. The highest BCUT2D eigenvalue weighted by Gasteiger charge is 2.39. The maximum Gasteiger partial charge on any atom is 0.264 e. The average Bonchev–Trinajstić information content (AvgIpc) is 2.89. The smallest absolute Gasteiger partial charge is 0.264 e. The maximum atomic E-state index is 12.3. The number of amides is 3. The van der Waals surface area contributed by atoms with Crippen LogP contribution in [-0.4, -0.2) is 61.7 Å². The number of imide groups is 1. The molecule has 0 radical (unpaired) electrons. The fraction of sp³-hybridized carbons (Fsp3) is 0.417. The van der Waals surface area contributed by atoms with Gasteiger partial charge in [0, 0.05) is 32.9 Å². The van der Waals surface area contributed by atoms with Crippen LogP contribution < -0.4 is 5.32 Å². The van der Waals surface area contributed by atoms with Crippen LogP contribution in [0.25, 0.3) is 0 Å². The number of nitrogens with one attached hydrogen (secondary N) is 1. The third-order valence-corrected chi connectivity index (χ3v) is 5.85. The van der Waals surface area contributed by atoms with E-state index in [1.54, 1.807) is 0 Å². The summed E-state index contributed by atoms with van der Waals surface area (Å²) in [7, 11) is -0.746. The second-order valence-corrected chi connectivity index (χ2v) is 8.08. The molecule has 0 unspecified atom stereocenters. The van der Waals surface area contributed by atoms with Crippen LogP contribution in [0, 0.1) is 0 Å². The Labute approximate surface area is 131 Å². The number of anilines is 1. The van der Waals surface area contributed by atoms with Gasteiger partial charge in [-0.05, 0) is 0 Å². The molecular weight excluding hydrogens is 330 g/mol. The topological polar surface area (TPSA) is 104 Å². The van der Waals surface area contributed by atoms with Gasteiger partial charge in [-0.1, -0.05) is 0 Å². The van der Waals surface area contributed by atoms with Gasteiger partial charge >= 0.3 is 0 Å². The van der Waals surface area contributed by atoms with Gasteiger partial charge in [-0.15, -0.1) is 11.3 Å². The minimum Gasteiger partial charge on any atom is -0.317 e. The molecule has 2 heterocycles. The number of fused-ring (bicyclic) bond motifs is 1. The largest absolute Gasteiger partial charge is 0.317 e. The Bertz CT molecular complexity index is 751. The van der Waals surface area contributed by atoms with Crippen LogP contribution in [0.2, 0.25) is 0 Å². The number of hydrogen-bond donors (Lipinski definition) is 1. The van der Waals surface area contributed by atoms with Crippen molar-refractivity contribution in [3.63, 3.8) is 0 Å². The normalized spacial score (nSPS) is 14.6. The molecule has 0 aromatic carbocycles. The minimum absolute atomic E-state index is 0.132. The summed E-state index contributed by atoms with van der Waals surface area (Å²) < 4.78 is 24.5. The van der Waals surface area contributed by atoms with E-state index in [1.165, 1.54) is 26.4 Å². The number of thiophene rings is 1.